The van der Waals surface area contributed by atoms with E-state index in [0.717, 1.165) is 11.4 Å². The summed E-state index contributed by atoms with van der Waals surface area (Å²) in [4.78, 5) is 2.42. The second-order valence-corrected chi connectivity index (χ2v) is 13.6. The number of nitrogens with zero attached hydrogens (tertiary/aromatic N) is 1. The quantitative estimate of drug-likeness (QED) is 0.196. The number of thiophene rings is 1. The zero-order chi connectivity index (χ0) is 30.1. The molecule has 0 atom stereocenters. The summed E-state index contributed by atoms with van der Waals surface area (Å²) in [6, 6.07) is 55.6. The van der Waals surface area contributed by atoms with Crippen molar-refractivity contribution in [1.82, 2.24) is 0 Å². The van der Waals surface area contributed by atoms with E-state index in [9.17, 15) is 0 Å². The summed E-state index contributed by atoms with van der Waals surface area (Å²) in [6.07, 6.45) is 0. The van der Waals surface area contributed by atoms with Crippen LogP contribution < -0.4 is 4.90 Å². The van der Waals surface area contributed by atoms with Gasteiger partial charge in [0, 0.05) is 32.3 Å². The normalized spacial score (nSPS) is 13.3. The zero-order valence-corrected chi connectivity index (χ0v) is 26.1. The molecule has 0 N–H and O–H groups in total. The molecular formula is C43H31NS. The van der Waals surface area contributed by atoms with Gasteiger partial charge in [-0.1, -0.05) is 123 Å². The van der Waals surface area contributed by atoms with Gasteiger partial charge in [0.25, 0.3) is 0 Å². The average Bonchev–Trinajstić information content (AvgIpc) is 3.58. The van der Waals surface area contributed by atoms with Gasteiger partial charge >= 0.3 is 0 Å². The van der Waals surface area contributed by atoms with Gasteiger partial charge in [-0.15, -0.1) is 11.3 Å². The number of para-hydroxylation sites is 1. The Morgan fingerprint density at radius 1 is 0.533 bits per heavy atom. The highest BCUT2D eigenvalue weighted by Crippen LogP contribution is 2.55. The standard InChI is InChI=1S/C43H31NS/c1-43(2)36-17-9-8-15-34(36)40-37(43)25-26-39-41(40)35-16-10-18-38(42(35)45-39)44(32-13-4-3-5-14-32)33-23-21-29(22-24-33)31-20-19-28-11-6-7-12-30(28)27-31/h3-27H,1-2H3. The summed E-state index contributed by atoms with van der Waals surface area (Å²) in [5.74, 6) is 0. The van der Waals surface area contributed by atoms with E-state index in [1.54, 1.807) is 0 Å². The largest absolute Gasteiger partial charge is 0.309 e. The smallest absolute Gasteiger partial charge is 0.0640 e. The van der Waals surface area contributed by atoms with E-state index in [0.29, 0.717) is 0 Å². The van der Waals surface area contributed by atoms with Crippen LogP contribution in [0.25, 0.3) is 53.2 Å². The number of anilines is 3. The van der Waals surface area contributed by atoms with Crippen molar-refractivity contribution in [2.24, 2.45) is 0 Å². The van der Waals surface area contributed by atoms with Crippen LogP contribution in [-0.4, -0.2) is 0 Å². The molecule has 0 spiro atoms. The van der Waals surface area contributed by atoms with Crippen molar-refractivity contribution in [2.75, 3.05) is 4.90 Å². The second kappa shape index (κ2) is 9.92. The summed E-state index contributed by atoms with van der Waals surface area (Å²) < 4.78 is 2.65. The molecule has 0 unspecified atom stereocenters. The van der Waals surface area contributed by atoms with Crippen LogP contribution in [0.15, 0.2) is 152 Å². The van der Waals surface area contributed by atoms with Crippen LogP contribution in [0.2, 0.25) is 0 Å². The Labute approximate surface area is 267 Å². The van der Waals surface area contributed by atoms with Gasteiger partial charge in [-0.05, 0) is 86.6 Å². The molecule has 0 bridgehead atoms. The number of hydrogen-bond acceptors (Lipinski definition) is 2. The van der Waals surface area contributed by atoms with Crippen molar-refractivity contribution in [3.63, 3.8) is 0 Å². The second-order valence-electron chi connectivity index (χ2n) is 12.6. The van der Waals surface area contributed by atoms with E-state index in [1.807, 2.05) is 11.3 Å². The lowest BCUT2D eigenvalue weighted by atomic mass is 9.82. The Balaban J connectivity index is 1.23. The number of rotatable bonds is 4. The van der Waals surface area contributed by atoms with Crippen molar-refractivity contribution < 1.29 is 0 Å². The van der Waals surface area contributed by atoms with Crippen molar-refractivity contribution in [3.05, 3.63) is 163 Å². The summed E-state index contributed by atoms with van der Waals surface area (Å²) in [5, 5.41) is 5.23. The minimum absolute atomic E-state index is 0.0190. The fourth-order valence-electron chi connectivity index (χ4n) is 7.42. The Bertz CT molecular complexity index is 2400. The molecule has 0 radical (unpaired) electrons. The first-order valence-corrected chi connectivity index (χ1v) is 16.4. The van der Waals surface area contributed by atoms with Gasteiger partial charge in [-0.2, -0.15) is 0 Å². The van der Waals surface area contributed by atoms with Crippen LogP contribution in [0, 0.1) is 0 Å². The van der Waals surface area contributed by atoms with Gasteiger partial charge in [-0.25, -0.2) is 0 Å². The van der Waals surface area contributed by atoms with Gasteiger partial charge in [0.15, 0.2) is 0 Å². The molecule has 1 nitrogen and oxygen atoms in total. The van der Waals surface area contributed by atoms with Gasteiger partial charge in [0.05, 0.1) is 10.4 Å². The van der Waals surface area contributed by atoms with Crippen molar-refractivity contribution in [3.8, 4) is 22.3 Å². The van der Waals surface area contributed by atoms with Crippen LogP contribution in [0.5, 0.6) is 0 Å². The summed E-state index contributed by atoms with van der Waals surface area (Å²) in [7, 11) is 0. The number of benzene rings is 7. The molecule has 1 aliphatic carbocycles. The van der Waals surface area contributed by atoms with Gasteiger partial charge in [0.1, 0.15) is 0 Å². The third kappa shape index (κ3) is 3.99. The number of hydrogen-bond donors (Lipinski definition) is 0. The lowest BCUT2D eigenvalue weighted by Gasteiger charge is -2.26. The van der Waals surface area contributed by atoms with E-state index in [4.69, 9.17) is 0 Å². The predicted octanol–water partition coefficient (Wildman–Crippen LogP) is 12.7. The van der Waals surface area contributed by atoms with Gasteiger partial charge < -0.3 is 4.90 Å². The first-order valence-electron chi connectivity index (χ1n) is 15.6. The molecule has 0 saturated heterocycles. The van der Waals surface area contributed by atoms with Crippen LogP contribution in [0.3, 0.4) is 0 Å². The summed E-state index contributed by atoms with van der Waals surface area (Å²) in [6.45, 7) is 4.73. The molecule has 214 valence electrons. The van der Waals surface area contributed by atoms with Crippen molar-refractivity contribution in [1.29, 1.82) is 0 Å². The molecule has 0 aliphatic heterocycles. The molecule has 0 fully saturated rings. The van der Waals surface area contributed by atoms with Crippen molar-refractivity contribution in [2.45, 2.75) is 19.3 Å². The predicted molar refractivity (Wildman–Crippen MR) is 195 cm³/mol. The lowest BCUT2D eigenvalue weighted by molar-refractivity contribution is 0.661. The zero-order valence-electron chi connectivity index (χ0n) is 25.3. The monoisotopic (exact) mass is 593 g/mol. The maximum Gasteiger partial charge on any atom is 0.0640 e. The summed E-state index contributed by atoms with van der Waals surface area (Å²) >= 11 is 1.91. The third-order valence-corrected chi connectivity index (χ3v) is 10.8. The van der Waals surface area contributed by atoms with E-state index < -0.39 is 0 Å². The van der Waals surface area contributed by atoms with E-state index in [-0.39, 0.29) is 5.41 Å². The van der Waals surface area contributed by atoms with Crippen LogP contribution >= 0.6 is 11.3 Å². The Morgan fingerprint density at radius 2 is 1.24 bits per heavy atom. The summed E-state index contributed by atoms with van der Waals surface area (Å²) in [5.41, 5.74) is 11.5. The van der Waals surface area contributed by atoms with E-state index in [1.165, 1.54) is 70.0 Å². The molecule has 7 aromatic carbocycles. The average molecular weight is 594 g/mol. The highest BCUT2D eigenvalue weighted by atomic mass is 32.1. The highest BCUT2D eigenvalue weighted by Gasteiger charge is 2.37. The molecule has 1 aliphatic rings. The number of fused-ring (bicyclic) bond motifs is 8. The lowest BCUT2D eigenvalue weighted by Crippen LogP contribution is -2.14. The van der Waals surface area contributed by atoms with E-state index in [2.05, 4.69) is 170 Å². The van der Waals surface area contributed by atoms with Gasteiger partial charge in [-0.3, -0.25) is 0 Å². The van der Waals surface area contributed by atoms with Crippen LogP contribution in [0.4, 0.5) is 17.1 Å². The highest BCUT2D eigenvalue weighted by molar-refractivity contribution is 7.26. The molecule has 1 aromatic heterocycles. The molecule has 8 aromatic rings. The van der Waals surface area contributed by atoms with E-state index >= 15 is 0 Å². The molecule has 0 saturated carbocycles. The fraction of sp³-hybridized carbons (Fsp3) is 0.0698. The third-order valence-electron chi connectivity index (χ3n) is 9.65. The molecule has 9 rings (SSSR count). The maximum absolute atomic E-state index is 2.42. The topological polar surface area (TPSA) is 3.24 Å². The minimum atomic E-state index is -0.0190. The van der Waals surface area contributed by atoms with Crippen LogP contribution in [0.1, 0.15) is 25.0 Å². The molecule has 1 heterocycles. The van der Waals surface area contributed by atoms with Crippen LogP contribution in [-0.2, 0) is 5.41 Å². The maximum atomic E-state index is 2.42. The Hall–Kier alpha value is -5.18. The molecule has 2 heteroatoms. The first-order chi connectivity index (χ1) is 22.1. The fourth-order valence-corrected chi connectivity index (χ4v) is 8.63. The minimum Gasteiger partial charge on any atom is -0.309 e. The van der Waals surface area contributed by atoms with Gasteiger partial charge in [0.2, 0.25) is 0 Å². The molecular weight excluding hydrogens is 563 g/mol. The first kappa shape index (κ1) is 26.2. The van der Waals surface area contributed by atoms with Crippen molar-refractivity contribution >= 4 is 59.3 Å². The SMILES string of the molecule is CC1(C)c2ccccc2-c2c1ccc1sc3c(N(c4ccccc4)c4ccc(-c5ccc6ccccc6c5)cc4)cccc3c21. The molecule has 0 amide bonds. The Morgan fingerprint density at radius 3 is 2.09 bits per heavy atom. The molecule has 45 heavy (non-hydrogen) atoms. The Kier molecular flexibility index (Phi) is 5.78.